The van der Waals surface area contributed by atoms with Crippen LogP contribution in [0, 0.1) is 5.92 Å². The second-order valence-electron chi connectivity index (χ2n) is 9.84. The summed E-state index contributed by atoms with van der Waals surface area (Å²) in [4.78, 5) is 23.7. The van der Waals surface area contributed by atoms with E-state index in [-0.39, 0.29) is 24.3 Å². The van der Waals surface area contributed by atoms with Crippen molar-refractivity contribution in [3.05, 3.63) is 42.2 Å². The summed E-state index contributed by atoms with van der Waals surface area (Å²) in [6.45, 7) is 0.545. The van der Waals surface area contributed by atoms with Crippen molar-refractivity contribution in [2.75, 3.05) is 0 Å². The maximum atomic E-state index is 13.2. The first-order valence-electron chi connectivity index (χ1n) is 11.1. The smallest absolute Gasteiger partial charge is 0.257 e. The average Bonchev–Trinajstić information content (AvgIpc) is 3.34. The summed E-state index contributed by atoms with van der Waals surface area (Å²) >= 11 is 0. The Hall–Kier alpha value is -2.32. The van der Waals surface area contributed by atoms with E-state index in [1.165, 1.54) is 19.3 Å². The Balaban J connectivity index is 0.979. The van der Waals surface area contributed by atoms with Crippen LogP contribution in [0.2, 0.25) is 0 Å². The molecule has 2 aliphatic heterocycles. The Morgan fingerprint density at radius 2 is 2.00 bits per heavy atom. The molecule has 8 heteroatoms. The Morgan fingerprint density at radius 1 is 1.13 bits per heavy atom. The van der Waals surface area contributed by atoms with Crippen LogP contribution in [-0.2, 0) is 26.4 Å². The second-order valence-corrected chi connectivity index (χ2v) is 9.84. The molecule has 1 spiro atoms. The molecule has 6 fully saturated rings. The molecule has 4 heterocycles. The molecule has 0 unspecified atom stereocenters. The topological polar surface area (TPSA) is 82.4 Å². The molecule has 2 aromatic heterocycles. The molecule has 8 rings (SSSR count). The lowest BCUT2D eigenvalue weighted by Gasteiger charge is -2.61. The summed E-state index contributed by atoms with van der Waals surface area (Å²) in [6, 6.07) is -0.0293. The van der Waals surface area contributed by atoms with Crippen LogP contribution in [-0.4, -0.2) is 48.5 Å². The van der Waals surface area contributed by atoms with Gasteiger partial charge in [0.1, 0.15) is 6.23 Å². The van der Waals surface area contributed by atoms with Gasteiger partial charge in [-0.05, 0) is 38.0 Å². The number of nitrogens with zero attached hydrogens (tertiary/aromatic N) is 5. The first-order chi connectivity index (χ1) is 14.6. The van der Waals surface area contributed by atoms with Gasteiger partial charge in [0.15, 0.2) is 5.60 Å². The highest BCUT2D eigenvalue weighted by atomic mass is 16.6. The van der Waals surface area contributed by atoms with Crippen molar-refractivity contribution in [2.24, 2.45) is 5.92 Å². The molecule has 2 atom stereocenters. The molecule has 30 heavy (non-hydrogen) atoms. The molecule has 4 aliphatic carbocycles. The Bertz CT molecular complexity index is 984. The van der Waals surface area contributed by atoms with Crippen LogP contribution in [0.25, 0.3) is 0 Å². The quantitative estimate of drug-likeness (QED) is 0.757. The molecule has 8 nitrogen and oxygen atoms in total. The number of aromatic nitrogens is 4. The molecular weight excluding hydrogens is 382 g/mol. The summed E-state index contributed by atoms with van der Waals surface area (Å²) in [7, 11) is 0. The number of carbonyl (C=O) groups is 1. The highest BCUT2D eigenvalue weighted by Crippen LogP contribution is 2.62. The lowest BCUT2D eigenvalue weighted by atomic mass is 9.50. The van der Waals surface area contributed by atoms with Gasteiger partial charge in [0.2, 0.25) is 0 Å². The molecule has 6 aliphatic rings. The molecule has 0 radical (unpaired) electrons. The maximum absolute atomic E-state index is 13.2. The largest absolute Gasteiger partial charge is 0.373 e. The fraction of sp³-hybridized carbons (Fsp3) is 0.636. The first-order valence-corrected chi connectivity index (χ1v) is 11.1. The third kappa shape index (κ3) is 2.29. The summed E-state index contributed by atoms with van der Waals surface area (Å²) in [5, 5.41) is 4.57. The minimum atomic E-state index is -0.702. The molecule has 1 amide bonds. The summed E-state index contributed by atoms with van der Waals surface area (Å²) in [5.41, 5.74) is 1.58. The molecule has 4 saturated carbocycles. The number of rotatable bonds is 5. The van der Waals surface area contributed by atoms with Crippen molar-refractivity contribution in [1.29, 1.82) is 0 Å². The lowest BCUT2D eigenvalue weighted by molar-refractivity contribution is -0.177. The number of ether oxygens (including phenoxy) is 2. The van der Waals surface area contributed by atoms with E-state index >= 15 is 0 Å². The average molecular weight is 407 g/mol. The van der Waals surface area contributed by atoms with Crippen LogP contribution in [0.5, 0.6) is 0 Å². The number of hydrogen-bond donors (Lipinski definition) is 0. The van der Waals surface area contributed by atoms with Crippen LogP contribution in [0.3, 0.4) is 0 Å². The van der Waals surface area contributed by atoms with Crippen LogP contribution in [0.4, 0.5) is 0 Å². The van der Waals surface area contributed by atoms with Gasteiger partial charge in [-0.15, -0.1) is 0 Å². The number of hydrogen-bond acceptors (Lipinski definition) is 6. The molecule has 2 bridgehead atoms. The fourth-order valence-corrected chi connectivity index (χ4v) is 6.17. The third-order valence-electron chi connectivity index (χ3n) is 7.97. The molecular formula is C22H25N5O3. The standard InChI is InChI=1S/C22H25N5O3/c28-20-22(30-19-2-1-18(27(19)20)17-11-23-3-4-24-17)8-16(9-22)29-13-15-10-25-26(12-15)21-5-14(6-21)7-21/h3-4,10-12,14,16,18-19H,1-2,5-9,13H2/t14?,16?,18-,19+,21?,22?/m0/s1. The van der Waals surface area contributed by atoms with Gasteiger partial charge in [0.25, 0.3) is 5.91 Å². The fourth-order valence-electron chi connectivity index (χ4n) is 6.17. The van der Waals surface area contributed by atoms with Crippen molar-refractivity contribution in [1.82, 2.24) is 24.6 Å². The van der Waals surface area contributed by atoms with Gasteiger partial charge >= 0.3 is 0 Å². The van der Waals surface area contributed by atoms with Crippen molar-refractivity contribution in [2.45, 2.75) is 81.1 Å². The van der Waals surface area contributed by atoms with E-state index in [0.717, 1.165) is 30.0 Å². The van der Waals surface area contributed by atoms with E-state index in [2.05, 4.69) is 25.9 Å². The Labute approximate surface area is 174 Å². The van der Waals surface area contributed by atoms with E-state index in [4.69, 9.17) is 9.47 Å². The predicted molar refractivity (Wildman–Crippen MR) is 104 cm³/mol. The lowest BCUT2D eigenvalue weighted by Crippen LogP contribution is -2.59. The van der Waals surface area contributed by atoms with Gasteiger partial charge in [-0.1, -0.05) is 0 Å². The number of carbonyl (C=O) groups excluding carboxylic acids is 1. The van der Waals surface area contributed by atoms with Crippen molar-refractivity contribution in [3.63, 3.8) is 0 Å². The minimum Gasteiger partial charge on any atom is -0.373 e. The number of amides is 1. The van der Waals surface area contributed by atoms with E-state index in [9.17, 15) is 4.79 Å². The minimum absolute atomic E-state index is 0.0293. The number of fused-ring (bicyclic) bond motifs is 1. The van der Waals surface area contributed by atoms with E-state index in [1.807, 2.05) is 11.1 Å². The van der Waals surface area contributed by atoms with Gasteiger partial charge < -0.3 is 14.4 Å². The maximum Gasteiger partial charge on any atom is 0.257 e. The summed E-state index contributed by atoms with van der Waals surface area (Å²) in [6.07, 6.45) is 15.9. The molecule has 2 saturated heterocycles. The predicted octanol–water partition coefficient (Wildman–Crippen LogP) is 2.32. The van der Waals surface area contributed by atoms with Crippen LogP contribution < -0.4 is 0 Å². The molecule has 2 aromatic rings. The van der Waals surface area contributed by atoms with Gasteiger partial charge in [-0.25, -0.2) is 0 Å². The SMILES string of the molecule is O=C1N2[C@@H](CC[C@H]2c2cnccn2)OC12CC(OCc1cnn(C34CC(C3)C4)c1)C2. The highest BCUT2D eigenvalue weighted by Gasteiger charge is 2.63. The molecule has 0 N–H and O–H groups in total. The van der Waals surface area contributed by atoms with Crippen molar-refractivity contribution < 1.29 is 14.3 Å². The van der Waals surface area contributed by atoms with Crippen LogP contribution >= 0.6 is 0 Å². The van der Waals surface area contributed by atoms with Gasteiger partial charge in [0.05, 0.1) is 42.4 Å². The highest BCUT2D eigenvalue weighted by molar-refractivity contribution is 5.89. The monoisotopic (exact) mass is 407 g/mol. The van der Waals surface area contributed by atoms with Gasteiger partial charge in [0, 0.05) is 37.0 Å². The van der Waals surface area contributed by atoms with Gasteiger partial charge in [-0.2, -0.15) is 5.10 Å². The van der Waals surface area contributed by atoms with E-state index in [0.29, 0.717) is 25.0 Å². The van der Waals surface area contributed by atoms with Gasteiger partial charge in [-0.3, -0.25) is 19.4 Å². The summed E-state index contributed by atoms with van der Waals surface area (Å²) in [5.74, 6) is 1.03. The second kappa shape index (κ2) is 5.88. The van der Waals surface area contributed by atoms with Crippen molar-refractivity contribution in [3.8, 4) is 0 Å². The van der Waals surface area contributed by atoms with Crippen LogP contribution in [0.15, 0.2) is 31.0 Å². The normalized spacial score (nSPS) is 40.8. The first kappa shape index (κ1) is 17.4. The zero-order valence-corrected chi connectivity index (χ0v) is 16.8. The summed E-state index contributed by atoms with van der Waals surface area (Å²) < 4.78 is 14.5. The Morgan fingerprint density at radius 3 is 2.73 bits per heavy atom. The zero-order valence-electron chi connectivity index (χ0n) is 16.8. The molecule has 0 aromatic carbocycles. The third-order valence-corrected chi connectivity index (χ3v) is 7.97. The van der Waals surface area contributed by atoms with Crippen molar-refractivity contribution >= 4 is 5.91 Å². The molecule has 156 valence electrons. The Kier molecular flexibility index (Phi) is 3.41. The van der Waals surface area contributed by atoms with E-state index < -0.39 is 5.60 Å². The van der Waals surface area contributed by atoms with E-state index in [1.54, 1.807) is 18.6 Å². The van der Waals surface area contributed by atoms with Crippen LogP contribution in [0.1, 0.15) is 62.2 Å². The zero-order chi connectivity index (χ0) is 19.9.